The number of ether oxygens (including phenoxy) is 3. The zero-order chi connectivity index (χ0) is 23.5. The van der Waals surface area contributed by atoms with E-state index in [0.29, 0.717) is 36.6 Å². The Kier molecular flexibility index (Phi) is 11.2. The number of carbonyl (C=O) groups is 1. The van der Waals surface area contributed by atoms with Crippen LogP contribution in [0.15, 0.2) is 12.2 Å². The second kappa shape index (κ2) is 13.8. The average molecular weight is 464 g/mol. The summed E-state index contributed by atoms with van der Waals surface area (Å²) in [5.74, 6) is 2.07. The summed E-state index contributed by atoms with van der Waals surface area (Å²) >= 11 is 0. The van der Waals surface area contributed by atoms with Crippen molar-refractivity contribution >= 4 is 6.47 Å². The van der Waals surface area contributed by atoms with Crippen molar-refractivity contribution in [1.82, 2.24) is 4.90 Å². The van der Waals surface area contributed by atoms with Crippen molar-refractivity contribution in [3.05, 3.63) is 12.2 Å². The first-order valence-electron chi connectivity index (χ1n) is 13.7. The number of hydrogen-bond acceptors (Lipinski definition) is 5. The van der Waals surface area contributed by atoms with Crippen LogP contribution in [-0.4, -0.2) is 57.6 Å². The van der Waals surface area contributed by atoms with Gasteiger partial charge in [-0.15, -0.1) is 0 Å². The van der Waals surface area contributed by atoms with E-state index in [1.165, 1.54) is 116 Å². The number of allylic oxidation sites excluding steroid dienone is 1. The number of carbonyl (C=O) groups excluding carboxylic acids is 1. The van der Waals surface area contributed by atoms with E-state index in [2.05, 4.69) is 23.1 Å². The highest BCUT2D eigenvalue weighted by Gasteiger charge is 2.53. The Bertz CT molecular complexity index is 579. The number of likely N-dealkylation sites (tertiary alicyclic amines) is 1. The molecule has 5 rings (SSSR count). The number of fused-ring (bicyclic) bond motifs is 3. The molecule has 5 unspecified atom stereocenters. The maximum atomic E-state index is 8.95. The minimum atomic E-state index is 0.375. The summed E-state index contributed by atoms with van der Waals surface area (Å²) in [7, 11) is 1.31. The fraction of sp³-hybridized carbons (Fsp3) is 0.893. The molecule has 0 aromatic heterocycles. The minimum absolute atomic E-state index is 0.375. The fourth-order valence-electron chi connectivity index (χ4n) is 7.22. The SMILES string of the molecule is C1CCCC1.C=C1CCC2C3COCOC3CCC2(C)C1CCN1CCCCC1.COC=O. The van der Waals surface area contributed by atoms with Gasteiger partial charge < -0.3 is 19.1 Å². The second-order valence-electron chi connectivity index (χ2n) is 11.0. The molecule has 0 N–H and O–H groups in total. The summed E-state index contributed by atoms with van der Waals surface area (Å²) in [4.78, 5) is 11.6. The van der Waals surface area contributed by atoms with Crippen molar-refractivity contribution in [2.45, 2.75) is 96.5 Å². The molecule has 0 spiro atoms. The van der Waals surface area contributed by atoms with E-state index in [1.54, 1.807) is 0 Å². The Morgan fingerprint density at radius 2 is 1.73 bits per heavy atom. The van der Waals surface area contributed by atoms with Crippen molar-refractivity contribution in [1.29, 1.82) is 0 Å². The number of rotatable bonds is 4. The Hall–Kier alpha value is -0.910. The van der Waals surface area contributed by atoms with Gasteiger partial charge in [-0.2, -0.15) is 0 Å². The third kappa shape index (κ3) is 7.29. The molecule has 5 nitrogen and oxygen atoms in total. The second-order valence-corrected chi connectivity index (χ2v) is 11.0. The van der Waals surface area contributed by atoms with Crippen molar-refractivity contribution in [3.8, 4) is 0 Å². The molecule has 0 amide bonds. The third-order valence-corrected chi connectivity index (χ3v) is 9.08. The maximum Gasteiger partial charge on any atom is 0.292 e. The molecular formula is C28H49NO4. The van der Waals surface area contributed by atoms with E-state index >= 15 is 0 Å². The first kappa shape index (κ1) is 26.7. The number of methoxy groups -OCH3 is 1. The van der Waals surface area contributed by atoms with E-state index in [0.717, 1.165) is 12.5 Å². The molecule has 3 aliphatic carbocycles. The topological polar surface area (TPSA) is 48.0 Å². The zero-order valence-electron chi connectivity index (χ0n) is 21.4. The Labute approximate surface area is 202 Å². The monoisotopic (exact) mass is 463 g/mol. The van der Waals surface area contributed by atoms with E-state index in [1.807, 2.05) is 0 Å². The van der Waals surface area contributed by atoms with Crippen LogP contribution in [0, 0.1) is 23.2 Å². The minimum Gasteiger partial charge on any atom is -0.471 e. The molecule has 5 fully saturated rings. The van der Waals surface area contributed by atoms with Gasteiger partial charge in [0.1, 0.15) is 6.79 Å². The highest BCUT2D eigenvalue weighted by molar-refractivity contribution is 5.36. The lowest BCUT2D eigenvalue weighted by molar-refractivity contribution is -0.218. The molecule has 0 bridgehead atoms. The number of hydrogen-bond donors (Lipinski definition) is 0. The van der Waals surface area contributed by atoms with E-state index in [-0.39, 0.29) is 0 Å². The first-order chi connectivity index (χ1) is 16.1. The van der Waals surface area contributed by atoms with Crippen LogP contribution in [-0.2, 0) is 19.0 Å². The molecule has 190 valence electrons. The van der Waals surface area contributed by atoms with E-state index in [9.17, 15) is 0 Å². The van der Waals surface area contributed by atoms with Gasteiger partial charge in [-0.1, -0.05) is 57.6 Å². The largest absolute Gasteiger partial charge is 0.471 e. The van der Waals surface area contributed by atoms with Crippen LogP contribution in [0.2, 0.25) is 0 Å². The zero-order valence-corrected chi connectivity index (χ0v) is 21.4. The molecule has 3 saturated carbocycles. The van der Waals surface area contributed by atoms with Gasteiger partial charge in [0.2, 0.25) is 0 Å². The first-order valence-corrected chi connectivity index (χ1v) is 13.7. The van der Waals surface area contributed by atoms with Crippen molar-refractivity contribution in [2.24, 2.45) is 23.2 Å². The lowest BCUT2D eigenvalue weighted by Gasteiger charge is -2.57. The summed E-state index contributed by atoms with van der Waals surface area (Å²) in [5.41, 5.74) is 1.94. The van der Waals surface area contributed by atoms with E-state index < -0.39 is 0 Å². The molecule has 5 heteroatoms. The average Bonchev–Trinajstić information content (AvgIpc) is 3.44. The molecule has 2 saturated heterocycles. The molecule has 0 radical (unpaired) electrons. The van der Waals surface area contributed by atoms with Gasteiger partial charge in [-0.3, -0.25) is 4.79 Å². The Morgan fingerprint density at radius 1 is 1.09 bits per heavy atom. The van der Waals surface area contributed by atoms with Gasteiger partial charge in [0, 0.05) is 5.92 Å². The summed E-state index contributed by atoms with van der Waals surface area (Å²) in [6, 6.07) is 0. The smallest absolute Gasteiger partial charge is 0.292 e. The van der Waals surface area contributed by atoms with Gasteiger partial charge in [0.15, 0.2) is 0 Å². The fourth-order valence-corrected chi connectivity index (χ4v) is 7.22. The van der Waals surface area contributed by atoms with Crippen LogP contribution in [0.4, 0.5) is 0 Å². The van der Waals surface area contributed by atoms with Crippen molar-refractivity contribution in [3.63, 3.8) is 0 Å². The molecule has 5 aliphatic rings. The summed E-state index contributed by atoms with van der Waals surface area (Å²) < 4.78 is 15.5. The highest BCUT2D eigenvalue weighted by atomic mass is 16.7. The molecule has 5 atom stereocenters. The Morgan fingerprint density at radius 3 is 2.36 bits per heavy atom. The molecule has 0 aromatic rings. The predicted octanol–water partition coefficient (Wildman–Crippen LogP) is 5.97. The molecule has 0 aromatic carbocycles. The molecule has 33 heavy (non-hydrogen) atoms. The molecule has 2 aliphatic heterocycles. The standard InChI is InChI=1S/C21H35NO2.C5H10.C2H4O2/c1-16-6-7-19-17-14-23-15-24-20(17)8-10-21(19,2)18(16)9-13-22-11-4-3-5-12-22;1-2-4-5-3-1;1-4-2-3/h17-20H,1,3-15H2,2H3;1-5H2;2H,1H3. The lowest BCUT2D eigenvalue weighted by Crippen LogP contribution is -2.54. The van der Waals surface area contributed by atoms with Crippen LogP contribution in [0.25, 0.3) is 0 Å². The van der Waals surface area contributed by atoms with Crippen molar-refractivity contribution in [2.75, 3.05) is 40.1 Å². The molecule has 2 heterocycles. The van der Waals surface area contributed by atoms with Gasteiger partial charge in [-0.25, -0.2) is 0 Å². The van der Waals surface area contributed by atoms with Gasteiger partial charge >= 0.3 is 0 Å². The highest BCUT2D eigenvalue weighted by Crippen LogP contribution is 2.58. The predicted molar refractivity (Wildman–Crippen MR) is 133 cm³/mol. The van der Waals surface area contributed by atoms with Gasteiger partial charge in [-0.05, 0) is 81.8 Å². The third-order valence-electron chi connectivity index (χ3n) is 9.08. The van der Waals surface area contributed by atoms with Gasteiger partial charge in [0.25, 0.3) is 6.47 Å². The summed E-state index contributed by atoms with van der Waals surface area (Å²) in [5, 5.41) is 0. The van der Waals surface area contributed by atoms with Crippen LogP contribution in [0.3, 0.4) is 0 Å². The molecular weight excluding hydrogens is 414 g/mol. The van der Waals surface area contributed by atoms with Crippen LogP contribution in [0.5, 0.6) is 0 Å². The Balaban J connectivity index is 0.000000287. The van der Waals surface area contributed by atoms with E-state index in [4.69, 9.17) is 14.3 Å². The maximum absolute atomic E-state index is 8.95. The van der Waals surface area contributed by atoms with Gasteiger partial charge in [0.05, 0.1) is 19.8 Å². The van der Waals surface area contributed by atoms with Crippen LogP contribution >= 0.6 is 0 Å². The van der Waals surface area contributed by atoms with Crippen molar-refractivity contribution < 1.29 is 19.0 Å². The number of nitrogens with zero attached hydrogens (tertiary/aromatic N) is 1. The summed E-state index contributed by atoms with van der Waals surface area (Å²) in [6.07, 6.45) is 18.5. The summed E-state index contributed by atoms with van der Waals surface area (Å²) in [6.45, 7) is 12.8. The normalized spacial score (nSPS) is 36.2. The van der Waals surface area contributed by atoms with Crippen LogP contribution < -0.4 is 0 Å². The lowest BCUT2D eigenvalue weighted by atomic mass is 9.50. The quantitative estimate of drug-likeness (QED) is 0.379. The van der Waals surface area contributed by atoms with Crippen LogP contribution in [0.1, 0.15) is 90.4 Å². The number of piperidine rings is 1.